The van der Waals surface area contributed by atoms with Crippen molar-refractivity contribution in [3.8, 4) is 11.9 Å². The van der Waals surface area contributed by atoms with Crippen LogP contribution in [0.5, 0.6) is 11.9 Å². The van der Waals surface area contributed by atoms with Gasteiger partial charge >= 0.3 is 6.01 Å². The second kappa shape index (κ2) is 6.70. The van der Waals surface area contributed by atoms with Crippen LogP contribution in [0, 0.1) is 0 Å². The van der Waals surface area contributed by atoms with E-state index in [1.807, 2.05) is 0 Å². The van der Waals surface area contributed by atoms with Crippen LogP contribution in [-0.2, 0) is 0 Å². The fourth-order valence-electron chi connectivity index (χ4n) is 2.29. The summed E-state index contributed by atoms with van der Waals surface area (Å²) in [4.78, 5) is 8.31. The zero-order valence-corrected chi connectivity index (χ0v) is 11.6. The lowest BCUT2D eigenvalue weighted by molar-refractivity contribution is 0.162. The van der Waals surface area contributed by atoms with E-state index in [1.54, 1.807) is 12.3 Å². The molecule has 1 saturated carbocycles. The molecule has 0 spiro atoms. The van der Waals surface area contributed by atoms with Gasteiger partial charge < -0.3 is 15.2 Å². The quantitative estimate of drug-likeness (QED) is 0.854. The molecule has 2 N–H and O–H groups in total. The van der Waals surface area contributed by atoms with Gasteiger partial charge in [0.1, 0.15) is 6.61 Å². The van der Waals surface area contributed by atoms with Gasteiger partial charge in [0, 0.05) is 12.3 Å². The molecule has 0 unspecified atom stereocenters. The molecule has 106 valence electrons. The van der Waals surface area contributed by atoms with Crippen LogP contribution in [0.4, 0.5) is 0 Å². The Morgan fingerprint density at radius 1 is 1.26 bits per heavy atom. The highest BCUT2D eigenvalue weighted by molar-refractivity contribution is 5.11. The van der Waals surface area contributed by atoms with Crippen molar-refractivity contribution in [3.05, 3.63) is 12.3 Å². The van der Waals surface area contributed by atoms with Crippen molar-refractivity contribution in [1.82, 2.24) is 9.97 Å². The lowest BCUT2D eigenvalue weighted by atomic mass is 9.83. The average Bonchev–Trinajstić information content (AvgIpc) is 2.44. The van der Waals surface area contributed by atoms with Crippen molar-refractivity contribution in [3.63, 3.8) is 0 Å². The highest BCUT2D eigenvalue weighted by Crippen LogP contribution is 2.26. The first-order valence-corrected chi connectivity index (χ1v) is 7.09. The minimum atomic E-state index is -0.220. The number of aromatic nitrogens is 2. The fraction of sp³-hybridized carbons (Fsp3) is 0.714. The maximum absolute atomic E-state index is 6.31. The third-order valence-electron chi connectivity index (χ3n) is 3.40. The van der Waals surface area contributed by atoms with Gasteiger partial charge in [-0.2, -0.15) is 4.98 Å². The van der Waals surface area contributed by atoms with Gasteiger partial charge in [0.05, 0.1) is 12.1 Å². The Morgan fingerprint density at radius 2 is 2.05 bits per heavy atom. The number of nitrogens with zero attached hydrogens (tertiary/aromatic N) is 2. The molecule has 5 nitrogen and oxygen atoms in total. The Labute approximate surface area is 114 Å². The largest absolute Gasteiger partial charge is 0.478 e. The van der Waals surface area contributed by atoms with Crippen molar-refractivity contribution in [2.75, 3.05) is 13.2 Å². The molecular formula is C14H23N3O2. The Kier molecular flexibility index (Phi) is 4.96. The number of ether oxygens (including phenoxy) is 2. The molecule has 1 aliphatic rings. The van der Waals surface area contributed by atoms with Crippen LogP contribution in [0.3, 0.4) is 0 Å². The summed E-state index contributed by atoms with van der Waals surface area (Å²) >= 11 is 0. The molecule has 1 aliphatic carbocycles. The van der Waals surface area contributed by atoms with Crippen LogP contribution in [0.25, 0.3) is 0 Å². The van der Waals surface area contributed by atoms with Gasteiger partial charge in [-0.3, -0.25) is 0 Å². The molecule has 1 fully saturated rings. The van der Waals surface area contributed by atoms with E-state index < -0.39 is 0 Å². The summed E-state index contributed by atoms with van der Waals surface area (Å²) < 4.78 is 11.1. The molecule has 1 heterocycles. The number of nitrogens with two attached hydrogens (primary N) is 1. The van der Waals surface area contributed by atoms with E-state index in [2.05, 4.69) is 16.9 Å². The zero-order chi connectivity index (χ0) is 13.6. The SMILES string of the molecule is CCCOc1ccnc(OCC2(N)CCCCC2)n1. The Balaban J connectivity index is 1.88. The molecule has 0 amide bonds. The van der Waals surface area contributed by atoms with Crippen molar-refractivity contribution >= 4 is 0 Å². The van der Waals surface area contributed by atoms with E-state index in [0.717, 1.165) is 19.3 Å². The van der Waals surface area contributed by atoms with Gasteiger partial charge in [0.15, 0.2) is 0 Å². The summed E-state index contributed by atoms with van der Waals surface area (Å²) in [5.74, 6) is 0.557. The highest BCUT2D eigenvalue weighted by Gasteiger charge is 2.28. The third-order valence-corrected chi connectivity index (χ3v) is 3.40. The topological polar surface area (TPSA) is 70.3 Å². The Hall–Kier alpha value is -1.36. The Bertz CT molecular complexity index is 392. The van der Waals surface area contributed by atoms with Crippen LogP contribution < -0.4 is 15.2 Å². The molecule has 0 atom stereocenters. The summed E-state index contributed by atoms with van der Waals surface area (Å²) in [6.07, 6.45) is 8.26. The standard InChI is InChI=1S/C14H23N3O2/c1-2-10-18-12-6-9-16-13(17-12)19-11-14(15)7-4-3-5-8-14/h6,9H,2-5,7-8,10-11,15H2,1H3. The summed E-state index contributed by atoms with van der Waals surface area (Å²) in [5, 5.41) is 0. The fourth-order valence-corrected chi connectivity index (χ4v) is 2.29. The first-order chi connectivity index (χ1) is 9.22. The van der Waals surface area contributed by atoms with Crippen LogP contribution in [0.1, 0.15) is 45.4 Å². The van der Waals surface area contributed by atoms with Crippen molar-refractivity contribution in [1.29, 1.82) is 0 Å². The molecule has 19 heavy (non-hydrogen) atoms. The molecule has 0 saturated heterocycles. The van der Waals surface area contributed by atoms with Gasteiger partial charge in [-0.15, -0.1) is 0 Å². The van der Waals surface area contributed by atoms with E-state index in [-0.39, 0.29) is 5.54 Å². The van der Waals surface area contributed by atoms with E-state index in [9.17, 15) is 0 Å². The van der Waals surface area contributed by atoms with E-state index in [0.29, 0.717) is 25.1 Å². The van der Waals surface area contributed by atoms with Crippen LogP contribution >= 0.6 is 0 Å². The normalized spacial score (nSPS) is 18.0. The molecule has 0 aromatic carbocycles. The molecule has 5 heteroatoms. The minimum Gasteiger partial charge on any atom is -0.478 e. The molecule has 0 bridgehead atoms. The molecular weight excluding hydrogens is 242 g/mol. The van der Waals surface area contributed by atoms with E-state index >= 15 is 0 Å². The summed E-state index contributed by atoms with van der Waals surface area (Å²) in [6.45, 7) is 3.18. The number of hydrogen-bond donors (Lipinski definition) is 1. The van der Waals surface area contributed by atoms with Crippen molar-refractivity contribution in [2.45, 2.75) is 51.0 Å². The first-order valence-electron chi connectivity index (χ1n) is 7.09. The van der Waals surface area contributed by atoms with Crippen molar-refractivity contribution < 1.29 is 9.47 Å². The smallest absolute Gasteiger partial charge is 0.319 e. The third kappa shape index (κ3) is 4.35. The Morgan fingerprint density at radius 3 is 2.79 bits per heavy atom. The lowest BCUT2D eigenvalue weighted by Crippen LogP contribution is -2.47. The van der Waals surface area contributed by atoms with E-state index in [1.165, 1.54) is 19.3 Å². The second-order valence-electron chi connectivity index (χ2n) is 5.24. The molecule has 2 rings (SSSR count). The monoisotopic (exact) mass is 265 g/mol. The zero-order valence-electron chi connectivity index (χ0n) is 11.6. The molecule has 0 aliphatic heterocycles. The van der Waals surface area contributed by atoms with Crippen molar-refractivity contribution in [2.24, 2.45) is 5.73 Å². The lowest BCUT2D eigenvalue weighted by Gasteiger charge is -2.32. The van der Waals surface area contributed by atoms with Crippen LogP contribution in [-0.4, -0.2) is 28.7 Å². The van der Waals surface area contributed by atoms with Gasteiger partial charge in [0.25, 0.3) is 0 Å². The number of hydrogen-bond acceptors (Lipinski definition) is 5. The maximum Gasteiger partial charge on any atom is 0.319 e. The van der Waals surface area contributed by atoms with Gasteiger partial charge in [-0.1, -0.05) is 26.2 Å². The summed E-state index contributed by atoms with van der Waals surface area (Å²) in [7, 11) is 0. The van der Waals surface area contributed by atoms with Gasteiger partial charge in [0.2, 0.25) is 5.88 Å². The van der Waals surface area contributed by atoms with Gasteiger partial charge in [-0.05, 0) is 19.3 Å². The predicted molar refractivity (Wildman–Crippen MR) is 73.3 cm³/mol. The summed E-state index contributed by atoms with van der Waals surface area (Å²) in [6, 6.07) is 2.09. The van der Waals surface area contributed by atoms with E-state index in [4.69, 9.17) is 15.2 Å². The highest BCUT2D eigenvalue weighted by atomic mass is 16.5. The second-order valence-corrected chi connectivity index (χ2v) is 5.24. The average molecular weight is 265 g/mol. The summed E-state index contributed by atoms with van der Waals surface area (Å²) in [5.41, 5.74) is 6.09. The van der Waals surface area contributed by atoms with Crippen LogP contribution in [0.2, 0.25) is 0 Å². The predicted octanol–water partition coefficient (Wildman–Crippen LogP) is 2.31. The number of rotatable bonds is 6. The molecule has 1 aromatic rings. The first kappa shape index (κ1) is 14.1. The van der Waals surface area contributed by atoms with Crippen LogP contribution in [0.15, 0.2) is 12.3 Å². The molecule has 0 radical (unpaired) electrons. The molecule has 1 aromatic heterocycles. The minimum absolute atomic E-state index is 0.220. The maximum atomic E-state index is 6.31. The van der Waals surface area contributed by atoms with Gasteiger partial charge in [-0.25, -0.2) is 4.98 Å².